The fourth-order valence-corrected chi connectivity index (χ4v) is 4.12. The van der Waals surface area contributed by atoms with E-state index >= 15 is 0 Å². The number of amides is 2. The number of esters is 1. The largest absolute Gasteiger partial charge is 0.454 e. The predicted octanol–water partition coefficient (Wildman–Crippen LogP) is 3.56. The Kier molecular flexibility index (Phi) is 5.81. The van der Waals surface area contributed by atoms with Crippen molar-refractivity contribution < 1.29 is 28.8 Å². The molecule has 1 aliphatic carbocycles. The molecule has 0 spiro atoms. The van der Waals surface area contributed by atoms with Crippen LogP contribution in [0.3, 0.4) is 0 Å². The molecule has 0 atom stereocenters. The maximum Gasteiger partial charge on any atom is 0.338 e. The van der Waals surface area contributed by atoms with Gasteiger partial charge in [0.25, 0.3) is 17.5 Å². The Morgan fingerprint density at radius 1 is 0.938 bits per heavy atom. The lowest BCUT2D eigenvalue weighted by atomic mass is 9.94. The van der Waals surface area contributed by atoms with Gasteiger partial charge >= 0.3 is 5.97 Å². The van der Waals surface area contributed by atoms with Crippen molar-refractivity contribution in [2.75, 3.05) is 6.61 Å². The molecule has 0 N–H and O–H groups in total. The van der Waals surface area contributed by atoms with Gasteiger partial charge in [-0.05, 0) is 43.2 Å². The maximum atomic E-state index is 12.9. The maximum absolute atomic E-state index is 12.9. The summed E-state index contributed by atoms with van der Waals surface area (Å²) in [5.41, 5.74) is 0.502. The Labute approximate surface area is 183 Å². The summed E-state index contributed by atoms with van der Waals surface area (Å²) in [5.74, 6) is -2.08. The van der Waals surface area contributed by atoms with Gasteiger partial charge in [0.1, 0.15) is 0 Å². The van der Waals surface area contributed by atoms with Crippen LogP contribution in [0.5, 0.6) is 0 Å². The first-order valence-corrected chi connectivity index (χ1v) is 10.3. The van der Waals surface area contributed by atoms with Crippen LogP contribution in [0.2, 0.25) is 0 Å². The third kappa shape index (κ3) is 4.01. The molecular formula is C23H20N2O7. The van der Waals surface area contributed by atoms with Gasteiger partial charge < -0.3 is 4.74 Å². The Bertz CT molecular complexity index is 1120. The second-order valence-electron chi connectivity index (χ2n) is 7.84. The van der Waals surface area contributed by atoms with Gasteiger partial charge in [0.2, 0.25) is 0 Å². The van der Waals surface area contributed by atoms with E-state index in [4.69, 9.17) is 4.74 Å². The molecule has 2 aromatic carbocycles. The van der Waals surface area contributed by atoms with Gasteiger partial charge in [0.15, 0.2) is 12.4 Å². The van der Waals surface area contributed by atoms with E-state index in [0.29, 0.717) is 0 Å². The highest BCUT2D eigenvalue weighted by Gasteiger charge is 2.40. The Morgan fingerprint density at radius 2 is 1.56 bits per heavy atom. The number of Topliss-reactive ketones (excluding diaryl/α,β-unsaturated/α-hetero) is 1. The number of benzene rings is 2. The zero-order valence-electron chi connectivity index (χ0n) is 17.1. The van der Waals surface area contributed by atoms with Gasteiger partial charge in [-0.15, -0.1) is 0 Å². The van der Waals surface area contributed by atoms with Gasteiger partial charge in [0.05, 0.1) is 21.6 Å². The first-order valence-electron chi connectivity index (χ1n) is 10.3. The standard InChI is InChI=1S/C23H20N2O7/c26-20(14-6-9-17(10-7-14)25(30)31)13-32-23(29)15-8-11-18-19(12-15)22(28)24(21(18)27)16-4-2-1-3-5-16/h6-12,16H,1-5,13H2. The van der Waals surface area contributed by atoms with Crippen molar-refractivity contribution in [3.8, 4) is 0 Å². The van der Waals surface area contributed by atoms with E-state index in [-0.39, 0.29) is 39.9 Å². The first kappa shape index (κ1) is 21.4. The Hall–Kier alpha value is -3.88. The van der Waals surface area contributed by atoms with Crippen LogP contribution in [0.15, 0.2) is 42.5 Å². The lowest BCUT2D eigenvalue weighted by Crippen LogP contribution is -2.40. The topological polar surface area (TPSA) is 124 Å². The summed E-state index contributed by atoms with van der Waals surface area (Å²) >= 11 is 0. The molecule has 0 radical (unpaired) electrons. The predicted molar refractivity (Wildman–Crippen MR) is 112 cm³/mol. The molecule has 0 saturated heterocycles. The van der Waals surface area contributed by atoms with E-state index in [1.54, 1.807) is 0 Å². The van der Waals surface area contributed by atoms with E-state index in [2.05, 4.69) is 0 Å². The Morgan fingerprint density at radius 3 is 2.22 bits per heavy atom. The molecule has 1 heterocycles. The van der Waals surface area contributed by atoms with Crippen molar-refractivity contribution in [1.29, 1.82) is 0 Å². The number of hydrogen-bond donors (Lipinski definition) is 0. The van der Waals surface area contributed by atoms with Crippen LogP contribution in [0.1, 0.15) is 73.5 Å². The number of carbonyl (C=O) groups is 4. The molecule has 2 aromatic rings. The highest BCUT2D eigenvalue weighted by molar-refractivity contribution is 6.22. The van der Waals surface area contributed by atoms with Gasteiger partial charge in [-0.3, -0.25) is 29.4 Å². The van der Waals surface area contributed by atoms with Crippen molar-refractivity contribution in [2.24, 2.45) is 0 Å². The first-order chi connectivity index (χ1) is 15.4. The summed E-state index contributed by atoms with van der Waals surface area (Å²) < 4.78 is 5.05. The number of nitrogens with zero attached hydrogens (tertiary/aromatic N) is 2. The number of nitro benzene ring substituents is 1. The number of hydrogen-bond acceptors (Lipinski definition) is 7. The molecule has 0 bridgehead atoms. The summed E-state index contributed by atoms with van der Waals surface area (Å²) in [6.07, 6.45) is 4.60. The quantitative estimate of drug-likeness (QED) is 0.223. The summed E-state index contributed by atoms with van der Waals surface area (Å²) in [6, 6.07) is 9.00. The van der Waals surface area contributed by atoms with Crippen molar-refractivity contribution >= 4 is 29.3 Å². The highest BCUT2D eigenvalue weighted by atomic mass is 16.6. The second kappa shape index (κ2) is 8.70. The van der Waals surface area contributed by atoms with Crippen molar-refractivity contribution in [1.82, 2.24) is 4.90 Å². The van der Waals surface area contributed by atoms with E-state index in [1.165, 1.54) is 47.4 Å². The smallest absolute Gasteiger partial charge is 0.338 e. The number of ketones is 1. The van der Waals surface area contributed by atoms with Crippen LogP contribution >= 0.6 is 0 Å². The molecule has 0 aromatic heterocycles. The highest BCUT2D eigenvalue weighted by Crippen LogP contribution is 2.31. The minimum Gasteiger partial charge on any atom is -0.454 e. The van der Waals surface area contributed by atoms with Crippen LogP contribution < -0.4 is 0 Å². The number of fused-ring (bicyclic) bond motifs is 1. The van der Waals surface area contributed by atoms with Gasteiger partial charge in [0, 0.05) is 23.7 Å². The average molecular weight is 436 g/mol. The zero-order chi connectivity index (χ0) is 22.8. The molecule has 9 nitrogen and oxygen atoms in total. The lowest BCUT2D eigenvalue weighted by Gasteiger charge is -2.29. The van der Waals surface area contributed by atoms with Crippen LogP contribution in [0.25, 0.3) is 0 Å². The van der Waals surface area contributed by atoms with E-state index in [0.717, 1.165) is 32.1 Å². The number of ether oxygens (including phenoxy) is 1. The number of non-ortho nitro benzene ring substituents is 1. The molecule has 1 saturated carbocycles. The molecule has 1 fully saturated rings. The van der Waals surface area contributed by atoms with Gasteiger partial charge in [-0.1, -0.05) is 19.3 Å². The van der Waals surface area contributed by atoms with Gasteiger partial charge in [-0.25, -0.2) is 4.79 Å². The molecule has 9 heteroatoms. The van der Waals surface area contributed by atoms with E-state index in [1.807, 2.05) is 0 Å². The van der Waals surface area contributed by atoms with Crippen molar-refractivity contribution in [3.05, 3.63) is 74.8 Å². The second-order valence-corrected chi connectivity index (χ2v) is 7.84. The number of rotatable bonds is 6. The van der Waals surface area contributed by atoms with E-state index < -0.39 is 29.2 Å². The summed E-state index contributed by atoms with van der Waals surface area (Å²) in [6.45, 7) is -0.561. The van der Waals surface area contributed by atoms with Crippen LogP contribution in [0.4, 0.5) is 5.69 Å². The third-order valence-corrected chi connectivity index (χ3v) is 5.83. The molecular weight excluding hydrogens is 416 g/mol. The molecule has 32 heavy (non-hydrogen) atoms. The molecule has 0 unspecified atom stereocenters. The number of carbonyl (C=O) groups excluding carboxylic acids is 4. The Balaban J connectivity index is 1.43. The summed E-state index contributed by atoms with van der Waals surface area (Å²) in [7, 11) is 0. The molecule has 2 amide bonds. The van der Waals surface area contributed by atoms with Crippen molar-refractivity contribution in [3.63, 3.8) is 0 Å². The minimum atomic E-state index is -0.806. The number of imide groups is 1. The molecule has 1 aliphatic heterocycles. The van der Waals surface area contributed by atoms with Crippen molar-refractivity contribution in [2.45, 2.75) is 38.1 Å². The minimum absolute atomic E-state index is 0.0619. The fourth-order valence-electron chi connectivity index (χ4n) is 4.12. The summed E-state index contributed by atoms with van der Waals surface area (Å²) in [5, 5.41) is 10.7. The van der Waals surface area contributed by atoms with Crippen LogP contribution in [-0.4, -0.2) is 46.0 Å². The van der Waals surface area contributed by atoms with E-state index in [9.17, 15) is 29.3 Å². The zero-order valence-corrected chi connectivity index (χ0v) is 17.1. The average Bonchev–Trinajstić information content (AvgIpc) is 3.07. The molecule has 4 rings (SSSR count). The lowest BCUT2D eigenvalue weighted by molar-refractivity contribution is -0.384. The van der Waals surface area contributed by atoms with Gasteiger partial charge in [-0.2, -0.15) is 0 Å². The monoisotopic (exact) mass is 436 g/mol. The fraction of sp³-hybridized carbons (Fsp3) is 0.304. The SMILES string of the molecule is O=C(COC(=O)c1ccc2c(c1)C(=O)N(C1CCCCC1)C2=O)c1ccc([N+](=O)[O-])cc1. The van der Waals surface area contributed by atoms with Crippen LogP contribution in [0, 0.1) is 10.1 Å². The normalized spacial score (nSPS) is 16.1. The summed E-state index contributed by atoms with van der Waals surface area (Å²) in [4.78, 5) is 61.6. The number of nitro groups is 1. The molecule has 164 valence electrons. The third-order valence-electron chi connectivity index (χ3n) is 5.83. The molecule has 2 aliphatic rings. The van der Waals surface area contributed by atoms with Crippen LogP contribution in [-0.2, 0) is 4.74 Å².